The summed E-state index contributed by atoms with van der Waals surface area (Å²) < 4.78 is 5.24. The van der Waals surface area contributed by atoms with Gasteiger partial charge in [-0.25, -0.2) is 4.98 Å². The van der Waals surface area contributed by atoms with E-state index in [1.165, 1.54) is 0 Å². The SMILES string of the molecule is CCOCCC(=O)N1CCc2c(nc(-c3ccc(C(N)=O)cc3)[nH]c2=O)C1. The highest BCUT2D eigenvalue weighted by Gasteiger charge is 2.24. The van der Waals surface area contributed by atoms with Crippen molar-refractivity contribution in [2.24, 2.45) is 5.73 Å². The van der Waals surface area contributed by atoms with Crippen molar-refractivity contribution >= 4 is 11.8 Å². The van der Waals surface area contributed by atoms with E-state index in [0.717, 1.165) is 0 Å². The normalized spacial score (nSPS) is 13.3. The lowest BCUT2D eigenvalue weighted by Gasteiger charge is -2.28. The number of nitrogens with two attached hydrogens (primary N) is 1. The second-order valence-corrected chi connectivity index (χ2v) is 6.29. The Bertz CT molecular complexity index is 905. The molecule has 142 valence electrons. The molecule has 3 rings (SSSR count). The van der Waals surface area contributed by atoms with E-state index in [0.29, 0.717) is 67.4 Å². The van der Waals surface area contributed by atoms with Crippen molar-refractivity contribution in [3.05, 3.63) is 51.4 Å². The number of nitrogens with one attached hydrogen (secondary N) is 1. The minimum atomic E-state index is -0.519. The van der Waals surface area contributed by atoms with Crippen LogP contribution in [0.15, 0.2) is 29.1 Å². The Morgan fingerprint density at radius 2 is 2.04 bits per heavy atom. The highest BCUT2D eigenvalue weighted by Crippen LogP contribution is 2.19. The second kappa shape index (κ2) is 8.13. The van der Waals surface area contributed by atoms with Crippen LogP contribution in [-0.4, -0.2) is 46.4 Å². The van der Waals surface area contributed by atoms with Crippen LogP contribution in [0.5, 0.6) is 0 Å². The molecule has 1 aromatic heterocycles. The van der Waals surface area contributed by atoms with E-state index in [9.17, 15) is 14.4 Å². The fraction of sp³-hybridized carbons (Fsp3) is 0.368. The monoisotopic (exact) mass is 370 g/mol. The number of hydrogen-bond donors (Lipinski definition) is 2. The standard InChI is InChI=1S/C19H22N4O4/c1-2-27-10-8-16(24)23-9-7-14-15(11-23)21-18(22-19(14)26)13-5-3-12(4-6-13)17(20)25/h3-6H,2,7-11H2,1H3,(H2,20,25)(H,21,22,26). The van der Waals surface area contributed by atoms with E-state index >= 15 is 0 Å². The molecule has 1 aromatic carbocycles. The van der Waals surface area contributed by atoms with E-state index in [-0.39, 0.29) is 11.5 Å². The molecule has 0 fully saturated rings. The lowest BCUT2D eigenvalue weighted by atomic mass is 10.1. The average Bonchev–Trinajstić information content (AvgIpc) is 2.67. The average molecular weight is 370 g/mol. The Morgan fingerprint density at radius 3 is 2.70 bits per heavy atom. The van der Waals surface area contributed by atoms with Crippen LogP contribution in [0.3, 0.4) is 0 Å². The van der Waals surface area contributed by atoms with E-state index in [4.69, 9.17) is 10.5 Å². The largest absolute Gasteiger partial charge is 0.381 e. The number of benzene rings is 1. The van der Waals surface area contributed by atoms with Crippen molar-refractivity contribution in [1.29, 1.82) is 0 Å². The van der Waals surface area contributed by atoms with E-state index in [2.05, 4.69) is 9.97 Å². The fourth-order valence-electron chi connectivity index (χ4n) is 3.04. The molecule has 1 aliphatic heterocycles. The van der Waals surface area contributed by atoms with Crippen LogP contribution in [0.25, 0.3) is 11.4 Å². The molecule has 0 spiro atoms. The number of carbonyl (C=O) groups excluding carboxylic acids is 2. The summed E-state index contributed by atoms with van der Waals surface area (Å²) >= 11 is 0. The van der Waals surface area contributed by atoms with E-state index < -0.39 is 5.91 Å². The summed E-state index contributed by atoms with van der Waals surface area (Å²) in [6.07, 6.45) is 0.784. The molecule has 0 saturated carbocycles. The number of rotatable bonds is 6. The molecule has 0 radical (unpaired) electrons. The summed E-state index contributed by atoms with van der Waals surface area (Å²) in [4.78, 5) is 45.0. The predicted octanol–water partition coefficient (Wildman–Crippen LogP) is 0.847. The van der Waals surface area contributed by atoms with Crippen LogP contribution in [0, 0.1) is 0 Å². The number of H-pyrrole nitrogens is 1. The Labute approximate surface area is 156 Å². The maximum Gasteiger partial charge on any atom is 0.254 e. The maximum absolute atomic E-state index is 12.4. The number of aromatic amines is 1. The molecule has 8 nitrogen and oxygen atoms in total. The van der Waals surface area contributed by atoms with Crippen LogP contribution >= 0.6 is 0 Å². The van der Waals surface area contributed by atoms with Crippen LogP contribution in [0.4, 0.5) is 0 Å². The molecule has 0 bridgehead atoms. The van der Waals surface area contributed by atoms with Crippen LogP contribution < -0.4 is 11.3 Å². The van der Waals surface area contributed by atoms with Gasteiger partial charge in [0.05, 0.1) is 25.3 Å². The summed E-state index contributed by atoms with van der Waals surface area (Å²) in [5.74, 6) is -0.128. The summed E-state index contributed by atoms with van der Waals surface area (Å²) in [5.41, 5.74) is 7.31. The van der Waals surface area contributed by atoms with Crippen LogP contribution in [-0.2, 0) is 22.5 Å². The molecular weight excluding hydrogens is 348 g/mol. The first-order chi connectivity index (χ1) is 13.0. The van der Waals surface area contributed by atoms with E-state index in [1.807, 2.05) is 6.92 Å². The molecule has 2 heterocycles. The summed E-state index contributed by atoms with van der Waals surface area (Å²) in [6, 6.07) is 6.53. The molecule has 8 heteroatoms. The van der Waals surface area contributed by atoms with Gasteiger partial charge < -0.3 is 20.4 Å². The Kier molecular flexibility index (Phi) is 5.66. The van der Waals surface area contributed by atoms with E-state index in [1.54, 1.807) is 29.2 Å². The number of carbonyl (C=O) groups is 2. The number of amides is 2. The van der Waals surface area contributed by atoms with Gasteiger partial charge in [0.2, 0.25) is 11.8 Å². The minimum Gasteiger partial charge on any atom is -0.381 e. The quantitative estimate of drug-likeness (QED) is 0.731. The van der Waals surface area contributed by atoms with Crippen LogP contribution in [0.1, 0.15) is 35.0 Å². The zero-order chi connectivity index (χ0) is 19.4. The topological polar surface area (TPSA) is 118 Å². The molecular formula is C19H22N4O4. The van der Waals surface area contributed by atoms with Crippen LogP contribution in [0.2, 0.25) is 0 Å². The molecule has 3 N–H and O–H groups in total. The third kappa shape index (κ3) is 4.22. The third-order valence-electron chi connectivity index (χ3n) is 4.53. The van der Waals surface area contributed by atoms with Gasteiger partial charge in [-0.1, -0.05) is 12.1 Å². The van der Waals surface area contributed by atoms with Gasteiger partial charge in [0.25, 0.3) is 5.56 Å². The molecule has 2 aromatic rings. The highest BCUT2D eigenvalue weighted by molar-refractivity contribution is 5.93. The molecule has 1 aliphatic rings. The van der Waals surface area contributed by atoms with Crippen molar-refractivity contribution < 1.29 is 14.3 Å². The van der Waals surface area contributed by atoms with Gasteiger partial charge in [0.15, 0.2) is 0 Å². The zero-order valence-corrected chi connectivity index (χ0v) is 15.2. The number of aromatic nitrogens is 2. The Morgan fingerprint density at radius 1 is 1.30 bits per heavy atom. The molecule has 0 unspecified atom stereocenters. The Balaban J connectivity index is 1.82. The summed E-state index contributed by atoms with van der Waals surface area (Å²) in [6.45, 7) is 3.64. The number of hydrogen-bond acceptors (Lipinski definition) is 5. The number of fused-ring (bicyclic) bond motifs is 1. The number of ether oxygens (including phenoxy) is 1. The van der Waals surface area contributed by atoms with Gasteiger partial charge in [-0.2, -0.15) is 0 Å². The van der Waals surface area contributed by atoms with Gasteiger partial charge >= 0.3 is 0 Å². The highest BCUT2D eigenvalue weighted by atomic mass is 16.5. The maximum atomic E-state index is 12.4. The van der Waals surface area contributed by atoms with Crippen molar-refractivity contribution in [3.8, 4) is 11.4 Å². The predicted molar refractivity (Wildman–Crippen MR) is 99.0 cm³/mol. The van der Waals surface area contributed by atoms with Crippen molar-refractivity contribution in [1.82, 2.24) is 14.9 Å². The van der Waals surface area contributed by atoms with Gasteiger partial charge in [0, 0.05) is 29.8 Å². The van der Waals surface area contributed by atoms with Gasteiger partial charge in [-0.05, 0) is 25.5 Å². The molecule has 0 atom stereocenters. The molecule has 0 aliphatic carbocycles. The van der Waals surface area contributed by atoms with Crippen molar-refractivity contribution in [2.75, 3.05) is 19.8 Å². The van der Waals surface area contributed by atoms with Gasteiger partial charge in [-0.15, -0.1) is 0 Å². The first-order valence-electron chi connectivity index (χ1n) is 8.87. The fourth-order valence-corrected chi connectivity index (χ4v) is 3.04. The third-order valence-corrected chi connectivity index (χ3v) is 4.53. The van der Waals surface area contributed by atoms with Crippen molar-refractivity contribution in [2.45, 2.75) is 26.3 Å². The number of nitrogens with zero attached hydrogens (tertiary/aromatic N) is 2. The second-order valence-electron chi connectivity index (χ2n) is 6.29. The first-order valence-corrected chi connectivity index (χ1v) is 8.87. The van der Waals surface area contributed by atoms with Crippen molar-refractivity contribution in [3.63, 3.8) is 0 Å². The molecule has 2 amide bonds. The first kappa shape index (κ1) is 18.8. The van der Waals surface area contributed by atoms with Gasteiger partial charge in [-0.3, -0.25) is 14.4 Å². The van der Waals surface area contributed by atoms with Gasteiger partial charge in [0.1, 0.15) is 5.82 Å². The smallest absolute Gasteiger partial charge is 0.254 e. The molecule has 27 heavy (non-hydrogen) atoms. The zero-order valence-electron chi connectivity index (χ0n) is 15.2. The summed E-state index contributed by atoms with van der Waals surface area (Å²) in [5, 5.41) is 0. The lowest BCUT2D eigenvalue weighted by Crippen LogP contribution is -2.39. The Hall–Kier alpha value is -3.00. The molecule has 0 saturated heterocycles. The lowest BCUT2D eigenvalue weighted by molar-refractivity contribution is -0.133. The summed E-state index contributed by atoms with van der Waals surface area (Å²) in [7, 11) is 0. The minimum absolute atomic E-state index is 0.0106. The number of primary amides is 1.